The van der Waals surface area contributed by atoms with Gasteiger partial charge in [0.2, 0.25) is 11.8 Å². The monoisotopic (exact) mass is 736 g/mol. The summed E-state index contributed by atoms with van der Waals surface area (Å²) < 4.78 is 57.3. The molecule has 1 aliphatic rings. The molecule has 1 saturated heterocycles. The Morgan fingerprint density at radius 2 is 1.79 bits per heavy atom. The molecule has 7 rings (SSSR count). The second kappa shape index (κ2) is 14.1. The summed E-state index contributed by atoms with van der Waals surface area (Å²) in [5.74, 6) is -0.0849. The number of carbonyl (C=O) groups is 1. The number of nitrogens with zero attached hydrogens (tertiary/aromatic N) is 5. The van der Waals surface area contributed by atoms with E-state index in [0.717, 1.165) is 23.9 Å². The summed E-state index contributed by atoms with van der Waals surface area (Å²) in [6.07, 6.45) is 6.35. The van der Waals surface area contributed by atoms with Crippen LogP contribution in [0.25, 0.3) is 32.9 Å². The van der Waals surface area contributed by atoms with Gasteiger partial charge in [0.15, 0.2) is 9.84 Å². The Morgan fingerprint density at radius 3 is 2.60 bits per heavy atom. The lowest BCUT2D eigenvalue weighted by molar-refractivity contribution is 0.0206. The van der Waals surface area contributed by atoms with Gasteiger partial charge in [-0.05, 0) is 100 Å². The molecule has 0 bridgehead atoms. The van der Waals surface area contributed by atoms with Crippen molar-refractivity contribution in [2.75, 3.05) is 18.4 Å². The molecule has 0 spiro atoms. The minimum absolute atomic E-state index is 0.0565. The Hall–Kier alpha value is -5.56. The summed E-state index contributed by atoms with van der Waals surface area (Å²) in [5.41, 5.74) is 2.14. The summed E-state index contributed by atoms with van der Waals surface area (Å²) in [5, 5.41) is 4.93. The van der Waals surface area contributed by atoms with Gasteiger partial charge in [0.25, 0.3) is 0 Å². The topological polar surface area (TPSA) is 129 Å². The van der Waals surface area contributed by atoms with E-state index in [1.807, 2.05) is 51.4 Å². The first kappa shape index (κ1) is 35.8. The zero-order valence-electron chi connectivity index (χ0n) is 30.3. The van der Waals surface area contributed by atoms with Gasteiger partial charge in [-0.25, -0.2) is 32.6 Å². The zero-order chi connectivity index (χ0) is 37.5. The highest BCUT2D eigenvalue weighted by molar-refractivity contribution is 7.90. The zero-order valence-corrected chi connectivity index (χ0v) is 31.1. The number of nitrogens with one attached hydrogen (secondary N) is 1. The van der Waals surface area contributed by atoms with Gasteiger partial charge in [-0.1, -0.05) is 18.2 Å². The highest BCUT2D eigenvalue weighted by atomic mass is 32.2. The van der Waals surface area contributed by atoms with E-state index in [4.69, 9.17) is 14.5 Å². The molecule has 1 aliphatic heterocycles. The Morgan fingerprint density at radius 1 is 0.981 bits per heavy atom. The summed E-state index contributed by atoms with van der Waals surface area (Å²) in [4.78, 5) is 28.3. The Balaban J connectivity index is 1.17. The molecule has 13 heteroatoms. The molecule has 0 radical (unpaired) electrons. The van der Waals surface area contributed by atoms with E-state index < -0.39 is 27.0 Å². The van der Waals surface area contributed by atoms with Crippen molar-refractivity contribution in [1.29, 1.82) is 0 Å². The van der Waals surface area contributed by atoms with Gasteiger partial charge in [0, 0.05) is 66.6 Å². The molecule has 3 aromatic heterocycles. The predicted molar refractivity (Wildman–Crippen MR) is 202 cm³/mol. The Labute approximate surface area is 307 Å². The molecule has 11 nitrogen and oxygen atoms in total. The van der Waals surface area contributed by atoms with E-state index in [-0.39, 0.29) is 28.5 Å². The molecule has 3 aromatic carbocycles. The van der Waals surface area contributed by atoms with Crippen molar-refractivity contribution in [2.24, 2.45) is 7.05 Å². The van der Waals surface area contributed by atoms with Crippen LogP contribution >= 0.6 is 0 Å². The number of fused-ring (bicyclic) bond motifs is 2. The van der Waals surface area contributed by atoms with E-state index in [1.165, 1.54) is 6.07 Å². The molecule has 1 amide bonds. The standard InChI is InChI=1S/C40H41FN6O5S/c1-25-13-14-27-28(15-16-32(41)31(27)24-53(49,50)35-12-6-11-34-30(35)18-22-46(34)5)36(25)51-37-29(10-7-19-42-37)33-17-20-43-38(45-33)44-26-9-8-21-47(23-26)39(48)52-40(2,3)4/h6-7,10-20,22,26H,8-9,21,23-24H2,1-5H3,(H,43,44,45)/t26-/m0/s1. The van der Waals surface area contributed by atoms with Crippen LogP contribution in [0.2, 0.25) is 0 Å². The van der Waals surface area contributed by atoms with Crippen LogP contribution in [0.1, 0.15) is 44.7 Å². The number of halogens is 1. The van der Waals surface area contributed by atoms with Crippen LogP contribution in [0.4, 0.5) is 15.1 Å². The molecular weight excluding hydrogens is 696 g/mol. The molecule has 1 atom stereocenters. The van der Waals surface area contributed by atoms with Gasteiger partial charge < -0.3 is 24.3 Å². The maximum Gasteiger partial charge on any atom is 0.410 e. The third kappa shape index (κ3) is 7.52. The minimum Gasteiger partial charge on any atom is -0.444 e. The molecule has 1 N–H and O–H groups in total. The molecule has 6 aromatic rings. The molecule has 0 aliphatic carbocycles. The fourth-order valence-corrected chi connectivity index (χ4v) is 8.35. The average molecular weight is 737 g/mol. The van der Waals surface area contributed by atoms with Crippen molar-refractivity contribution in [1.82, 2.24) is 24.4 Å². The van der Waals surface area contributed by atoms with Crippen molar-refractivity contribution in [3.05, 3.63) is 102 Å². The number of benzene rings is 3. The minimum atomic E-state index is -3.95. The number of anilines is 1. The smallest absolute Gasteiger partial charge is 0.410 e. The van der Waals surface area contributed by atoms with Crippen LogP contribution in [0.15, 0.2) is 90.2 Å². The number of aryl methyl sites for hydroxylation is 2. The number of pyridine rings is 1. The van der Waals surface area contributed by atoms with Gasteiger partial charge >= 0.3 is 6.09 Å². The highest BCUT2D eigenvalue weighted by Gasteiger charge is 2.28. The van der Waals surface area contributed by atoms with Crippen molar-refractivity contribution < 1.29 is 27.1 Å². The first-order valence-corrected chi connectivity index (χ1v) is 19.1. The molecule has 0 saturated carbocycles. The number of carbonyl (C=O) groups excluding carboxylic acids is 1. The number of likely N-dealkylation sites (tertiary alicyclic amines) is 1. The van der Waals surface area contributed by atoms with Gasteiger partial charge in [0.1, 0.15) is 17.2 Å². The summed E-state index contributed by atoms with van der Waals surface area (Å²) in [6, 6.07) is 18.5. The number of ether oxygens (including phenoxy) is 2. The third-order valence-electron chi connectivity index (χ3n) is 9.27. The number of rotatable bonds is 8. The van der Waals surface area contributed by atoms with E-state index in [9.17, 15) is 13.2 Å². The normalized spacial score (nSPS) is 15.1. The van der Waals surface area contributed by atoms with Crippen molar-refractivity contribution in [3.63, 3.8) is 0 Å². The summed E-state index contributed by atoms with van der Waals surface area (Å²) >= 11 is 0. The number of hydrogen-bond acceptors (Lipinski definition) is 9. The number of sulfone groups is 1. The van der Waals surface area contributed by atoms with Crippen LogP contribution in [-0.2, 0) is 27.4 Å². The van der Waals surface area contributed by atoms with Crippen LogP contribution in [0, 0.1) is 12.7 Å². The first-order valence-electron chi connectivity index (χ1n) is 17.5. The summed E-state index contributed by atoms with van der Waals surface area (Å²) in [6.45, 7) is 8.48. The average Bonchev–Trinajstić information content (AvgIpc) is 3.50. The molecular formula is C40H41FN6O5S. The number of aromatic nitrogens is 4. The van der Waals surface area contributed by atoms with Gasteiger partial charge in [-0.3, -0.25) is 0 Å². The fraction of sp³-hybridized carbons (Fsp3) is 0.300. The van der Waals surface area contributed by atoms with Crippen molar-refractivity contribution in [3.8, 4) is 22.9 Å². The predicted octanol–water partition coefficient (Wildman–Crippen LogP) is 8.21. The third-order valence-corrected chi connectivity index (χ3v) is 11.0. The first-order chi connectivity index (χ1) is 25.3. The molecule has 4 heterocycles. The molecule has 53 heavy (non-hydrogen) atoms. The van der Waals surface area contributed by atoms with Crippen LogP contribution in [0.5, 0.6) is 11.6 Å². The molecule has 0 unspecified atom stereocenters. The lowest BCUT2D eigenvalue weighted by Gasteiger charge is -2.34. The Kier molecular flexibility index (Phi) is 9.54. The lowest BCUT2D eigenvalue weighted by atomic mass is 10.0. The van der Waals surface area contributed by atoms with Gasteiger partial charge in [0.05, 0.1) is 21.9 Å². The lowest BCUT2D eigenvalue weighted by Crippen LogP contribution is -2.47. The molecule has 1 fully saturated rings. The van der Waals surface area contributed by atoms with E-state index in [1.54, 1.807) is 72.0 Å². The van der Waals surface area contributed by atoms with Crippen LogP contribution in [0.3, 0.4) is 0 Å². The van der Waals surface area contributed by atoms with Gasteiger partial charge in [-0.15, -0.1) is 0 Å². The quantitative estimate of drug-likeness (QED) is 0.164. The van der Waals surface area contributed by atoms with E-state index in [0.29, 0.717) is 52.2 Å². The van der Waals surface area contributed by atoms with Crippen molar-refractivity contribution in [2.45, 2.75) is 62.8 Å². The van der Waals surface area contributed by atoms with E-state index >= 15 is 4.39 Å². The second-order valence-corrected chi connectivity index (χ2v) is 16.3. The largest absolute Gasteiger partial charge is 0.444 e. The van der Waals surface area contributed by atoms with Crippen LogP contribution in [-0.4, -0.2) is 63.7 Å². The SMILES string of the molecule is Cc1ccc2c(CS(=O)(=O)c3cccc4c3ccn4C)c(F)ccc2c1Oc1ncccc1-c1ccnc(N[C@H]2CCCN(C(=O)OC(C)(C)C)C2)n1. The molecule has 274 valence electrons. The summed E-state index contributed by atoms with van der Waals surface area (Å²) in [7, 11) is -2.10. The second-order valence-electron chi connectivity index (χ2n) is 14.3. The Bertz CT molecular complexity index is 2460. The number of hydrogen-bond donors (Lipinski definition) is 1. The van der Waals surface area contributed by atoms with Gasteiger partial charge in [-0.2, -0.15) is 0 Å². The maximum atomic E-state index is 15.6. The number of piperidine rings is 1. The van der Waals surface area contributed by atoms with E-state index in [2.05, 4.69) is 15.3 Å². The fourth-order valence-electron chi connectivity index (χ4n) is 6.73. The number of amides is 1. The highest BCUT2D eigenvalue weighted by Crippen LogP contribution is 2.39. The maximum absolute atomic E-state index is 15.6. The van der Waals surface area contributed by atoms with Crippen LogP contribution < -0.4 is 10.1 Å². The van der Waals surface area contributed by atoms with Crippen molar-refractivity contribution >= 4 is 43.6 Å².